The fourth-order valence-corrected chi connectivity index (χ4v) is 2.60. The number of hydrogen-bond acceptors (Lipinski definition) is 4. The predicted octanol–water partition coefficient (Wildman–Crippen LogP) is 3.38. The Morgan fingerprint density at radius 3 is 2.59 bits per heavy atom. The summed E-state index contributed by atoms with van der Waals surface area (Å²) < 4.78 is 0. The summed E-state index contributed by atoms with van der Waals surface area (Å²) in [7, 11) is 0. The highest BCUT2D eigenvalue weighted by molar-refractivity contribution is 8.00. The zero-order chi connectivity index (χ0) is 16.1. The lowest BCUT2D eigenvalue weighted by atomic mass is 10.2. The molecule has 0 saturated carbocycles. The quantitative estimate of drug-likeness (QED) is 0.792. The zero-order valence-corrected chi connectivity index (χ0v) is 14.3. The van der Waals surface area contributed by atoms with E-state index in [1.807, 2.05) is 45.0 Å². The van der Waals surface area contributed by atoms with Gasteiger partial charge >= 0.3 is 0 Å². The number of rotatable bonds is 6. The van der Waals surface area contributed by atoms with Gasteiger partial charge in [-0.1, -0.05) is 49.3 Å². The first-order chi connectivity index (χ1) is 10.5. The number of thioether (sulfide) groups is 1. The van der Waals surface area contributed by atoms with Crippen LogP contribution in [0.15, 0.2) is 29.4 Å². The Hall–Kier alpha value is -1.53. The van der Waals surface area contributed by atoms with E-state index in [4.69, 9.17) is 11.6 Å². The summed E-state index contributed by atoms with van der Waals surface area (Å²) >= 11 is 7.17. The van der Waals surface area contributed by atoms with Gasteiger partial charge in [0, 0.05) is 17.5 Å². The Morgan fingerprint density at radius 2 is 2.00 bits per heavy atom. The molecule has 0 fully saturated rings. The zero-order valence-electron chi connectivity index (χ0n) is 12.8. The van der Waals surface area contributed by atoms with Gasteiger partial charge in [0.25, 0.3) is 0 Å². The molecule has 118 valence electrons. The Morgan fingerprint density at radius 1 is 1.32 bits per heavy atom. The number of halogens is 1. The summed E-state index contributed by atoms with van der Waals surface area (Å²) in [6.07, 6.45) is 0. The average Bonchev–Trinajstić information content (AvgIpc) is 2.95. The number of aromatic nitrogens is 3. The minimum Gasteiger partial charge on any atom is -0.351 e. The molecule has 0 radical (unpaired) electrons. The molecule has 5 nitrogen and oxygen atoms in total. The molecule has 1 aromatic heterocycles. The smallest absolute Gasteiger partial charge is 0.233 e. The van der Waals surface area contributed by atoms with E-state index in [-0.39, 0.29) is 17.1 Å². The number of aromatic amines is 1. The third kappa shape index (κ3) is 4.74. The monoisotopic (exact) mass is 338 g/mol. The standard InChI is InChI=1S/C15H19ClN4OS/c1-9(2)13-18-15(20-19-13)22-10(3)14(21)17-8-11-4-6-12(16)7-5-11/h4-7,9-10H,8H2,1-3H3,(H,17,21)(H,18,19,20)/t10-/m1/s1. The molecule has 0 unspecified atom stereocenters. The minimum atomic E-state index is -0.261. The largest absolute Gasteiger partial charge is 0.351 e. The summed E-state index contributed by atoms with van der Waals surface area (Å²) in [6.45, 7) is 6.40. The molecule has 0 aliphatic heterocycles. The number of hydrogen-bond donors (Lipinski definition) is 2. The summed E-state index contributed by atoms with van der Waals surface area (Å²) in [5.41, 5.74) is 1.01. The second kappa shape index (κ2) is 7.65. The molecule has 2 rings (SSSR count). The van der Waals surface area contributed by atoms with Crippen molar-refractivity contribution < 1.29 is 4.79 Å². The van der Waals surface area contributed by atoms with E-state index in [1.54, 1.807) is 0 Å². The van der Waals surface area contributed by atoms with Crippen LogP contribution < -0.4 is 5.32 Å². The van der Waals surface area contributed by atoms with Crippen LogP contribution in [0, 0.1) is 0 Å². The van der Waals surface area contributed by atoms with Crippen LogP contribution in [0.1, 0.15) is 38.1 Å². The number of nitrogens with zero attached hydrogens (tertiary/aromatic N) is 2. The average molecular weight is 339 g/mol. The van der Waals surface area contributed by atoms with E-state index in [9.17, 15) is 4.79 Å². The van der Waals surface area contributed by atoms with Crippen molar-refractivity contribution in [3.63, 3.8) is 0 Å². The van der Waals surface area contributed by atoms with Crippen molar-refractivity contribution in [3.8, 4) is 0 Å². The lowest BCUT2D eigenvalue weighted by Gasteiger charge is -2.10. The Kier molecular flexibility index (Phi) is 5.85. The highest BCUT2D eigenvalue weighted by Crippen LogP contribution is 2.21. The first kappa shape index (κ1) is 16.8. The molecule has 0 aliphatic carbocycles. The van der Waals surface area contributed by atoms with Crippen molar-refractivity contribution in [1.29, 1.82) is 0 Å². The minimum absolute atomic E-state index is 0.0455. The first-order valence-electron chi connectivity index (χ1n) is 7.07. The molecule has 1 heterocycles. The van der Waals surface area contributed by atoms with Gasteiger partial charge in [0.2, 0.25) is 11.1 Å². The second-order valence-corrected chi connectivity index (χ2v) is 7.01. The van der Waals surface area contributed by atoms with E-state index >= 15 is 0 Å². The van der Waals surface area contributed by atoms with Crippen molar-refractivity contribution >= 4 is 29.3 Å². The third-order valence-electron chi connectivity index (χ3n) is 3.06. The molecule has 0 saturated heterocycles. The number of nitrogens with one attached hydrogen (secondary N) is 2. The van der Waals surface area contributed by atoms with E-state index < -0.39 is 0 Å². The number of H-pyrrole nitrogens is 1. The van der Waals surface area contributed by atoms with Gasteiger partial charge in [-0.15, -0.1) is 5.10 Å². The number of benzene rings is 1. The van der Waals surface area contributed by atoms with Crippen LogP contribution in [0.5, 0.6) is 0 Å². The van der Waals surface area contributed by atoms with Crippen molar-refractivity contribution in [2.24, 2.45) is 0 Å². The Labute approximate surface area is 139 Å². The molecule has 0 bridgehead atoms. The molecule has 7 heteroatoms. The molecule has 1 atom stereocenters. The molecule has 2 aromatic rings. The van der Waals surface area contributed by atoms with Crippen LogP contribution >= 0.6 is 23.4 Å². The van der Waals surface area contributed by atoms with Crippen molar-refractivity contribution in [2.75, 3.05) is 0 Å². The summed E-state index contributed by atoms with van der Waals surface area (Å²) in [4.78, 5) is 16.5. The van der Waals surface area contributed by atoms with Crippen molar-refractivity contribution in [2.45, 2.75) is 43.6 Å². The van der Waals surface area contributed by atoms with Gasteiger partial charge in [0.05, 0.1) is 5.25 Å². The Balaban J connectivity index is 1.84. The normalized spacial score (nSPS) is 12.4. The molecule has 1 aromatic carbocycles. The predicted molar refractivity (Wildman–Crippen MR) is 89.1 cm³/mol. The summed E-state index contributed by atoms with van der Waals surface area (Å²) in [5, 5.41) is 10.9. The van der Waals surface area contributed by atoms with Gasteiger partial charge in [-0.3, -0.25) is 9.89 Å². The van der Waals surface area contributed by atoms with E-state index in [1.165, 1.54) is 11.8 Å². The van der Waals surface area contributed by atoms with Gasteiger partial charge in [-0.25, -0.2) is 4.98 Å². The van der Waals surface area contributed by atoms with E-state index in [2.05, 4.69) is 20.5 Å². The van der Waals surface area contributed by atoms with E-state index in [0.29, 0.717) is 16.7 Å². The van der Waals surface area contributed by atoms with Crippen LogP contribution in [0.3, 0.4) is 0 Å². The topological polar surface area (TPSA) is 70.7 Å². The van der Waals surface area contributed by atoms with Crippen LogP contribution in [0.2, 0.25) is 5.02 Å². The number of carbonyl (C=O) groups is 1. The molecule has 1 amide bonds. The van der Waals surface area contributed by atoms with Crippen molar-refractivity contribution in [3.05, 3.63) is 40.7 Å². The molecule has 22 heavy (non-hydrogen) atoms. The summed E-state index contributed by atoms with van der Waals surface area (Å²) in [6, 6.07) is 7.40. The summed E-state index contributed by atoms with van der Waals surface area (Å²) in [5.74, 6) is 1.07. The SMILES string of the molecule is CC(C)c1nc(S[C@H](C)C(=O)NCc2ccc(Cl)cc2)n[nH]1. The van der Waals surface area contributed by atoms with E-state index in [0.717, 1.165) is 11.4 Å². The number of carbonyl (C=O) groups excluding carboxylic acids is 1. The van der Waals surface area contributed by atoms with Crippen molar-refractivity contribution in [1.82, 2.24) is 20.5 Å². The highest BCUT2D eigenvalue weighted by Gasteiger charge is 2.17. The van der Waals surface area contributed by atoms with Crippen LogP contribution in [-0.4, -0.2) is 26.3 Å². The lowest BCUT2D eigenvalue weighted by molar-refractivity contribution is -0.120. The van der Waals surface area contributed by atoms with Gasteiger partial charge in [0.15, 0.2) is 0 Å². The van der Waals surface area contributed by atoms with Crippen LogP contribution in [0.4, 0.5) is 0 Å². The fourth-order valence-electron chi connectivity index (χ4n) is 1.72. The maximum absolute atomic E-state index is 12.1. The van der Waals surface area contributed by atoms with Gasteiger partial charge < -0.3 is 5.32 Å². The molecule has 0 aliphatic rings. The highest BCUT2D eigenvalue weighted by atomic mass is 35.5. The second-order valence-electron chi connectivity index (χ2n) is 5.26. The van der Waals surface area contributed by atoms with Gasteiger partial charge in [0.1, 0.15) is 5.82 Å². The lowest BCUT2D eigenvalue weighted by Crippen LogP contribution is -2.30. The van der Waals surface area contributed by atoms with Crippen LogP contribution in [0.25, 0.3) is 0 Å². The molecule has 0 spiro atoms. The molecular weight excluding hydrogens is 320 g/mol. The number of amides is 1. The Bertz CT molecular complexity index is 627. The van der Waals surface area contributed by atoms with Gasteiger partial charge in [-0.2, -0.15) is 0 Å². The molecular formula is C15H19ClN4OS. The first-order valence-corrected chi connectivity index (χ1v) is 8.32. The molecule has 2 N–H and O–H groups in total. The fraction of sp³-hybridized carbons (Fsp3) is 0.400. The third-order valence-corrected chi connectivity index (χ3v) is 4.27. The van der Waals surface area contributed by atoms with Crippen LogP contribution in [-0.2, 0) is 11.3 Å². The maximum atomic E-state index is 12.1. The van der Waals surface area contributed by atoms with Gasteiger partial charge in [-0.05, 0) is 24.6 Å². The maximum Gasteiger partial charge on any atom is 0.233 e.